The zero-order valence-electron chi connectivity index (χ0n) is 12.3. The fourth-order valence-electron chi connectivity index (χ4n) is 2.70. The number of carbonyl (C=O) groups is 2. The molecule has 0 spiro atoms. The number of hydrogen-bond acceptors (Lipinski definition) is 4. The minimum absolute atomic E-state index is 0.235. The second-order valence-corrected chi connectivity index (χ2v) is 5.54. The first-order valence-electron chi connectivity index (χ1n) is 7.50. The highest BCUT2D eigenvalue weighted by atomic mass is 16.2. The quantitative estimate of drug-likeness (QED) is 0.848. The van der Waals surface area contributed by atoms with E-state index in [9.17, 15) is 9.59 Å². The summed E-state index contributed by atoms with van der Waals surface area (Å²) in [5.41, 5.74) is 6.08. The molecule has 0 atom stereocenters. The van der Waals surface area contributed by atoms with Gasteiger partial charge in [0.25, 0.3) is 5.91 Å². The maximum Gasteiger partial charge on any atom is 0.257 e. The lowest BCUT2D eigenvalue weighted by atomic mass is 9.94. The smallest absolute Gasteiger partial charge is 0.257 e. The lowest BCUT2D eigenvalue weighted by molar-refractivity contribution is -0.121. The summed E-state index contributed by atoms with van der Waals surface area (Å²) in [6.07, 6.45) is 3.22. The van der Waals surface area contributed by atoms with Gasteiger partial charge in [-0.15, -0.1) is 0 Å². The van der Waals surface area contributed by atoms with E-state index >= 15 is 0 Å². The van der Waals surface area contributed by atoms with Crippen LogP contribution in [0, 0.1) is 5.92 Å². The molecule has 1 saturated heterocycles. The van der Waals surface area contributed by atoms with E-state index in [1.165, 1.54) is 0 Å². The van der Waals surface area contributed by atoms with Crippen LogP contribution in [0.25, 0.3) is 0 Å². The fourth-order valence-corrected chi connectivity index (χ4v) is 2.70. The first-order valence-corrected chi connectivity index (χ1v) is 7.50. The topological polar surface area (TPSA) is 75.4 Å². The minimum Gasteiger partial charge on any atom is -0.330 e. The van der Waals surface area contributed by atoms with Crippen molar-refractivity contribution in [3.8, 4) is 0 Å². The van der Waals surface area contributed by atoms with Gasteiger partial charge in [0.1, 0.15) is 0 Å². The zero-order valence-corrected chi connectivity index (χ0v) is 12.3. The van der Waals surface area contributed by atoms with Crippen LogP contribution in [-0.2, 0) is 4.79 Å². The molecular weight excluding hydrogens is 266 g/mol. The van der Waals surface area contributed by atoms with Crippen LogP contribution in [0.2, 0.25) is 0 Å². The van der Waals surface area contributed by atoms with E-state index in [0.29, 0.717) is 11.5 Å². The van der Waals surface area contributed by atoms with Crippen molar-refractivity contribution in [2.45, 2.75) is 19.3 Å². The molecule has 3 N–H and O–H groups in total. The van der Waals surface area contributed by atoms with Crippen LogP contribution in [0.1, 0.15) is 29.6 Å². The Morgan fingerprint density at radius 1 is 1.19 bits per heavy atom. The number of rotatable bonds is 5. The summed E-state index contributed by atoms with van der Waals surface area (Å²) in [4.78, 5) is 25.9. The molecule has 21 heavy (non-hydrogen) atoms. The number of carbonyl (C=O) groups excluding carboxylic acids is 2. The molecule has 1 aromatic rings. The molecule has 0 bridgehead atoms. The maximum atomic E-state index is 11.9. The van der Waals surface area contributed by atoms with Gasteiger partial charge >= 0.3 is 0 Å². The van der Waals surface area contributed by atoms with Gasteiger partial charge in [-0.05, 0) is 56.9 Å². The number of amides is 2. The molecule has 5 nitrogen and oxygen atoms in total. The van der Waals surface area contributed by atoms with Crippen molar-refractivity contribution < 1.29 is 9.59 Å². The number of imide groups is 1. The second kappa shape index (κ2) is 7.90. The van der Waals surface area contributed by atoms with Gasteiger partial charge in [0.2, 0.25) is 5.91 Å². The molecule has 1 aliphatic heterocycles. The van der Waals surface area contributed by atoms with Gasteiger partial charge < -0.3 is 5.73 Å². The lowest BCUT2D eigenvalue weighted by Gasteiger charge is -2.31. The Kier molecular flexibility index (Phi) is 5.90. The van der Waals surface area contributed by atoms with Crippen molar-refractivity contribution in [3.05, 3.63) is 35.9 Å². The number of hydrogen-bond donors (Lipinski definition) is 2. The van der Waals surface area contributed by atoms with Gasteiger partial charge in [0, 0.05) is 5.56 Å². The first kappa shape index (κ1) is 15.7. The predicted octanol–water partition coefficient (Wildman–Crippen LogP) is 1.00. The average molecular weight is 289 g/mol. The summed E-state index contributed by atoms with van der Waals surface area (Å²) in [6, 6.07) is 8.79. The number of nitrogens with two attached hydrogens (primary N) is 1. The van der Waals surface area contributed by atoms with Crippen LogP contribution in [0.3, 0.4) is 0 Å². The van der Waals surface area contributed by atoms with Crippen LogP contribution in [0.5, 0.6) is 0 Å². The molecule has 2 amide bonds. The van der Waals surface area contributed by atoms with E-state index in [4.69, 9.17) is 5.73 Å². The molecule has 0 aliphatic carbocycles. The summed E-state index contributed by atoms with van der Waals surface area (Å²) in [6.45, 7) is 2.82. The van der Waals surface area contributed by atoms with Gasteiger partial charge in [-0.2, -0.15) is 0 Å². The largest absolute Gasteiger partial charge is 0.330 e. The molecule has 1 fully saturated rings. The number of likely N-dealkylation sites (tertiary alicyclic amines) is 1. The Balaban J connectivity index is 1.74. The van der Waals surface area contributed by atoms with Crippen LogP contribution in [0.4, 0.5) is 0 Å². The van der Waals surface area contributed by atoms with Crippen molar-refractivity contribution in [1.82, 2.24) is 10.2 Å². The van der Waals surface area contributed by atoms with Crippen molar-refractivity contribution in [2.75, 3.05) is 26.2 Å². The van der Waals surface area contributed by atoms with Crippen molar-refractivity contribution in [2.24, 2.45) is 11.7 Å². The first-order chi connectivity index (χ1) is 10.2. The van der Waals surface area contributed by atoms with E-state index in [2.05, 4.69) is 10.2 Å². The summed E-state index contributed by atoms with van der Waals surface area (Å²) >= 11 is 0. The van der Waals surface area contributed by atoms with Crippen LogP contribution >= 0.6 is 0 Å². The van der Waals surface area contributed by atoms with Gasteiger partial charge in [-0.25, -0.2) is 0 Å². The third-order valence-corrected chi connectivity index (χ3v) is 3.94. The van der Waals surface area contributed by atoms with E-state index < -0.39 is 0 Å². The molecule has 0 unspecified atom stereocenters. The molecular formula is C16H23N3O2. The highest BCUT2D eigenvalue weighted by molar-refractivity contribution is 6.05. The molecule has 0 radical (unpaired) electrons. The Morgan fingerprint density at radius 2 is 1.86 bits per heavy atom. The Bertz CT molecular complexity index is 468. The average Bonchev–Trinajstić information content (AvgIpc) is 2.50. The normalized spacial score (nSPS) is 16.6. The van der Waals surface area contributed by atoms with Crippen molar-refractivity contribution in [3.63, 3.8) is 0 Å². The Hall–Kier alpha value is -1.72. The summed E-state index contributed by atoms with van der Waals surface area (Å²) in [5.74, 6) is 0.111. The highest BCUT2D eigenvalue weighted by Gasteiger charge is 2.21. The van der Waals surface area contributed by atoms with E-state index in [1.54, 1.807) is 24.3 Å². The number of nitrogens with one attached hydrogen (secondary N) is 1. The maximum absolute atomic E-state index is 11.9. The number of nitrogens with zero attached hydrogens (tertiary/aromatic N) is 1. The number of benzene rings is 1. The molecule has 1 aromatic carbocycles. The van der Waals surface area contributed by atoms with E-state index in [1.807, 2.05) is 6.07 Å². The molecule has 5 heteroatoms. The van der Waals surface area contributed by atoms with Gasteiger partial charge in [0.05, 0.1) is 6.54 Å². The van der Waals surface area contributed by atoms with Crippen molar-refractivity contribution in [1.29, 1.82) is 0 Å². The monoisotopic (exact) mass is 289 g/mol. The van der Waals surface area contributed by atoms with Crippen LogP contribution in [0.15, 0.2) is 30.3 Å². The third-order valence-electron chi connectivity index (χ3n) is 3.94. The highest BCUT2D eigenvalue weighted by Crippen LogP contribution is 2.19. The SMILES string of the molecule is NCCC1CCN(CC(=O)NC(=O)c2ccccc2)CC1. The van der Waals surface area contributed by atoms with Crippen molar-refractivity contribution >= 4 is 11.8 Å². The molecule has 1 heterocycles. The van der Waals surface area contributed by atoms with E-state index in [-0.39, 0.29) is 18.4 Å². The summed E-state index contributed by atoms with van der Waals surface area (Å²) in [7, 11) is 0. The molecule has 0 aromatic heterocycles. The standard InChI is InChI=1S/C16H23N3O2/c17-9-6-13-7-10-19(11-8-13)12-15(20)18-16(21)14-4-2-1-3-5-14/h1-5,13H,6-12,17H2,(H,18,20,21). The fraction of sp³-hybridized carbons (Fsp3) is 0.500. The summed E-state index contributed by atoms with van der Waals surface area (Å²) < 4.78 is 0. The molecule has 1 aliphatic rings. The van der Waals surface area contributed by atoms with Crippen LogP contribution in [-0.4, -0.2) is 42.9 Å². The zero-order chi connectivity index (χ0) is 15.1. The molecule has 0 saturated carbocycles. The van der Waals surface area contributed by atoms with Gasteiger partial charge in [0.15, 0.2) is 0 Å². The second-order valence-electron chi connectivity index (χ2n) is 5.54. The molecule has 114 valence electrons. The third kappa shape index (κ3) is 4.95. The Morgan fingerprint density at radius 3 is 2.48 bits per heavy atom. The number of piperidine rings is 1. The lowest BCUT2D eigenvalue weighted by Crippen LogP contribution is -2.43. The van der Waals surface area contributed by atoms with E-state index in [0.717, 1.165) is 38.9 Å². The van der Waals surface area contributed by atoms with Gasteiger partial charge in [-0.3, -0.25) is 19.8 Å². The minimum atomic E-state index is -0.335. The predicted molar refractivity (Wildman–Crippen MR) is 81.8 cm³/mol. The summed E-state index contributed by atoms with van der Waals surface area (Å²) in [5, 5.41) is 2.44. The Labute approximate surface area is 125 Å². The van der Waals surface area contributed by atoms with Gasteiger partial charge in [-0.1, -0.05) is 18.2 Å². The molecule has 2 rings (SSSR count). The van der Waals surface area contributed by atoms with Crippen LogP contribution < -0.4 is 11.1 Å².